The van der Waals surface area contributed by atoms with Crippen molar-refractivity contribution in [2.45, 2.75) is 45.1 Å². The van der Waals surface area contributed by atoms with Gasteiger partial charge in [-0.3, -0.25) is 19.3 Å². The molecule has 1 aromatic heterocycles. The smallest absolute Gasteiger partial charge is 0.261 e. The van der Waals surface area contributed by atoms with Crippen LogP contribution in [0.4, 0.5) is 5.69 Å². The van der Waals surface area contributed by atoms with Crippen LogP contribution in [0.5, 0.6) is 0 Å². The normalized spacial score (nSPS) is 15.2. The number of nitrogens with one attached hydrogen (secondary N) is 1. The standard InChI is InChI=1S/C25H25N5O3/c31-22(10-6-16-30-24(32)19-7-3-4-8-20(19)25(30)33)26-18-13-11-17(12-14-18)23-28-27-21-9-2-1-5-15-29(21)23/h3-4,7-8,11-14H,1-2,5-6,9-10,15-16H2,(H,26,31). The first kappa shape index (κ1) is 21.1. The van der Waals surface area contributed by atoms with Crippen molar-refractivity contribution in [3.8, 4) is 11.4 Å². The van der Waals surface area contributed by atoms with Crippen LogP contribution in [0.15, 0.2) is 48.5 Å². The lowest BCUT2D eigenvalue weighted by molar-refractivity contribution is -0.116. The van der Waals surface area contributed by atoms with E-state index in [1.807, 2.05) is 24.3 Å². The molecule has 5 rings (SSSR count). The minimum absolute atomic E-state index is 0.157. The third-order valence-electron chi connectivity index (χ3n) is 6.20. The number of carbonyl (C=O) groups excluding carboxylic acids is 3. The monoisotopic (exact) mass is 443 g/mol. The Morgan fingerprint density at radius 3 is 2.36 bits per heavy atom. The highest BCUT2D eigenvalue weighted by Gasteiger charge is 2.34. The van der Waals surface area contributed by atoms with E-state index in [1.54, 1.807) is 24.3 Å². The molecule has 0 saturated carbocycles. The number of hydrogen-bond donors (Lipinski definition) is 1. The molecule has 168 valence electrons. The van der Waals surface area contributed by atoms with Crippen molar-refractivity contribution in [1.29, 1.82) is 0 Å². The van der Waals surface area contributed by atoms with Crippen molar-refractivity contribution < 1.29 is 14.4 Å². The molecule has 0 saturated heterocycles. The van der Waals surface area contributed by atoms with Gasteiger partial charge in [-0.15, -0.1) is 10.2 Å². The van der Waals surface area contributed by atoms with Crippen molar-refractivity contribution in [1.82, 2.24) is 19.7 Å². The minimum atomic E-state index is -0.294. The molecule has 0 unspecified atom stereocenters. The third-order valence-corrected chi connectivity index (χ3v) is 6.20. The zero-order valence-electron chi connectivity index (χ0n) is 18.3. The summed E-state index contributed by atoms with van der Waals surface area (Å²) in [6.07, 6.45) is 5.07. The van der Waals surface area contributed by atoms with Crippen molar-refractivity contribution in [3.63, 3.8) is 0 Å². The Kier molecular flexibility index (Phi) is 5.73. The van der Waals surface area contributed by atoms with Crippen LogP contribution in [0.2, 0.25) is 0 Å². The Morgan fingerprint density at radius 1 is 0.909 bits per heavy atom. The molecule has 0 aliphatic carbocycles. The molecule has 1 N–H and O–H groups in total. The first-order valence-electron chi connectivity index (χ1n) is 11.4. The van der Waals surface area contributed by atoms with Crippen LogP contribution in [0, 0.1) is 0 Å². The Balaban J connectivity index is 1.15. The molecule has 8 heteroatoms. The van der Waals surface area contributed by atoms with E-state index in [0.29, 0.717) is 23.2 Å². The highest BCUT2D eigenvalue weighted by molar-refractivity contribution is 6.21. The van der Waals surface area contributed by atoms with Crippen molar-refractivity contribution in [2.75, 3.05) is 11.9 Å². The summed E-state index contributed by atoms with van der Waals surface area (Å²) in [7, 11) is 0. The predicted octanol–water partition coefficient (Wildman–Crippen LogP) is 3.69. The van der Waals surface area contributed by atoms with Gasteiger partial charge in [-0.2, -0.15) is 0 Å². The number of amides is 3. The maximum Gasteiger partial charge on any atom is 0.261 e. The summed E-state index contributed by atoms with van der Waals surface area (Å²) < 4.78 is 2.19. The van der Waals surface area contributed by atoms with Gasteiger partial charge in [0.2, 0.25) is 5.91 Å². The zero-order valence-corrected chi connectivity index (χ0v) is 18.3. The van der Waals surface area contributed by atoms with Crippen LogP contribution < -0.4 is 5.32 Å². The van der Waals surface area contributed by atoms with Crippen LogP contribution in [0.3, 0.4) is 0 Å². The second-order valence-corrected chi connectivity index (χ2v) is 8.44. The molecule has 0 spiro atoms. The maximum absolute atomic E-state index is 12.4. The molecule has 8 nitrogen and oxygen atoms in total. The fourth-order valence-electron chi connectivity index (χ4n) is 4.46. The Hall–Kier alpha value is -3.81. The summed E-state index contributed by atoms with van der Waals surface area (Å²) in [5.41, 5.74) is 2.52. The summed E-state index contributed by atoms with van der Waals surface area (Å²) in [5, 5.41) is 11.6. The Labute approximate surface area is 191 Å². The molecule has 2 aromatic carbocycles. The average molecular weight is 444 g/mol. The van der Waals surface area contributed by atoms with Gasteiger partial charge in [0.05, 0.1) is 11.1 Å². The van der Waals surface area contributed by atoms with E-state index in [4.69, 9.17) is 0 Å². The van der Waals surface area contributed by atoms with Gasteiger partial charge in [0.25, 0.3) is 11.8 Å². The second-order valence-electron chi connectivity index (χ2n) is 8.44. The summed E-state index contributed by atoms with van der Waals surface area (Å²) in [5.74, 6) is 1.16. The lowest BCUT2D eigenvalue weighted by atomic mass is 10.1. The van der Waals surface area contributed by atoms with Gasteiger partial charge in [0, 0.05) is 37.2 Å². The molecule has 0 atom stereocenters. The average Bonchev–Trinajstić information content (AvgIpc) is 3.22. The molecule has 3 amide bonds. The molecular weight excluding hydrogens is 418 g/mol. The fraction of sp³-hybridized carbons (Fsp3) is 0.320. The quantitative estimate of drug-likeness (QED) is 0.586. The van der Waals surface area contributed by atoms with Crippen molar-refractivity contribution >= 4 is 23.4 Å². The lowest BCUT2D eigenvalue weighted by Crippen LogP contribution is -2.31. The summed E-state index contributed by atoms with van der Waals surface area (Å²) in [4.78, 5) is 38.4. The van der Waals surface area contributed by atoms with Gasteiger partial charge < -0.3 is 9.88 Å². The zero-order chi connectivity index (χ0) is 22.8. The number of aromatic nitrogens is 3. The molecule has 0 fully saturated rings. The van der Waals surface area contributed by atoms with Gasteiger partial charge >= 0.3 is 0 Å². The highest BCUT2D eigenvalue weighted by atomic mass is 16.2. The number of imide groups is 1. The van der Waals surface area contributed by atoms with Gasteiger partial charge in [-0.25, -0.2) is 0 Å². The van der Waals surface area contributed by atoms with Crippen LogP contribution >= 0.6 is 0 Å². The molecule has 2 aliphatic heterocycles. The number of anilines is 1. The fourth-order valence-corrected chi connectivity index (χ4v) is 4.46. The number of aryl methyl sites for hydroxylation is 1. The topological polar surface area (TPSA) is 97.2 Å². The third kappa shape index (κ3) is 4.16. The number of rotatable bonds is 6. The Bertz CT molecular complexity index is 1180. The van der Waals surface area contributed by atoms with Crippen molar-refractivity contribution in [2.24, 2.45) is 0 Å². The number of carbonyl (C=O) groups is 3. The summed E-state index contributed by atoms with van der Waals surface area (Å²) >= 11 is 0. The molecular formula is C25H25N5O3. The molecule has 2 aliphatic rings. The van der Waals surface area contributed by atoms with Gasteiger partial charge in [-0.05, 0) is 55.7 Å². The van der Waals surface area contributed by atoms with E-state index in [-0.39, 0.29) is 30.7 Å². The highest BCUT2D eigenvalue weighted by Crippen LogP contribution is 2.25. The molecule has 0 radical (unpaired) electrons. The van der Waals surface area contributed by atoms with E-state index in [0.717, 1.165) is 43.0 Å². The van der Waals surface area contributed by atoms with Crippen LogP contribution in [-0.2, 0) is 17.8 Å². The summed E-state index contributed by atoms with van der Waals surface area (Å²) in [6.45, 7) is 1.15. The minimum Gasteiger partial charge on any atom is -0.326 e. The van der Waals surface area contributed by atoms with Crippen LogP contribution in [-0.4, -0.2) is 43.9 Å². The van der Waals surface area contributed by atoms with E-state index >= 15 is 0 Å². The number of nitrogens with zero attached hydrogens (tertiary/aromatic N) is 4. The molecule has 0 bridgehead atoms. The first-order chi connectivity index (χ1) is 16.1. The number of hydrogen-bond acceptors (Lipinski definition) is 5. The second kappa shape index (κ2) is 8.97. The molecule has 3 heterocycles. The molecule has 3 aromatic rings. The first-order valence-corrected chi connectivity index (χ1v) is 11.4. The van der Waals surface area contributed by atoms with Gasteiger partial charge in [-0.1, -0.05) is 18.6 Å². The van der Waals surface area contributed by atoms with Gasteiger partial charge in [0.1, 0.15) is 5.82 Å². The van der Waals surface area contributed by atoms with Crippen LogP contribution in [0.1, 0.15) is 58.6 Å². The van der Waals surface area contributed by atoms with E-state index < -0.39 is 0 Å². The predicted molar refractivity (Wildman–Crippen MR) is 123 cm³/mol. The number of benzene rings is 2. The van der Waals surface area contributed by atoms with E-state index in [9.17, 15) is 14.4 Å². The summed E-state index contributed by atoms with van der Waals surface area (Å²) in [6, 6.07) is 14.4. The van der Waals surface area contributed by atoms with E-state index in [2.05, 4.69) is 20.1 Å². The van der Waals surface area contributed by atoms with Crippen molar-refractivity contribution in [3.05, 3.63) is 65.5 Å². The van der Waals surface area contributed by atoms with Crippen LogP contribution in [0.25, 0.3) is 11.4 Å². The Morgan fingerprint density at radius 2 is 1.64 bits per heavy atom. The van der Waals surface area contributed by atoms with Gasteiger partial charge in [0.15, 0.2) is 5.82 Å². The van der Waals surface area contributed by atoms with E-state index in [1.165, 1.54) is 11.3 Å². The maximum atomic E-state index is 12.4. The SMILES string of the molecule is O=C(CCCN1C(=O)c2ccccc2C1=O)Nc1ccc(-c2nnc3n2CCCCC3)cc1. The largest absolute Gasteiger partial charge is 0.326 e. The lowest BCUT2D eigenvalue weighted by Gasteiger charge is -2.13. The number of fused-ring (bicyclic) bond motifs is 2. The molecule has 33 heavy (non-hydrogen) atoms.